The molecule has 1 aliphatic carbocycles. The van der Waals surface area contributed by atoms with Crippen LogP contribution in [0.5, 0.6) is 0 Å². The van der Waals surface area contributed by atoms with Crippen LogP contribution in [0.4, 0.5) is 0 Å². The van der Waals surface area contributed by atoms with Crippen LogP contribution in [0.25, 0.3) is 15.2 Å². The third kappa shape index (κ3) is 3.84. The van der Waals surface area contributed by atoms with Crippen LogP contribution in [0.1, 0.15) is 49.0 Å². The molecule has 0 spiro atoms. The second-order valence-corrected chi connectivity index (χ2v) is 12.0. The zero-order valence-electron chi connectivity index (χ0n) is 18.7. The van der Waals surface area contributed by atoms with E-state index in [2.05, 4.69) is 25.8 Å². The second kappa shape index (κ2) is 8.43. The Labute approximate surface area is 198 Å². The van der Waals surface area contributed by atoms with Crippen molar-refractivity contribution >= 4 is 49.6 Å². The van der Waals surface area contributed by atoms with Crippen LogP contribution in [0.2, 0.25) is 0 Å². The molecule has 0 radical (unpaired) electrons. The zero-order valence-corrected chi connectivity index (χ0v) is 21.1. The summed E-state index contributed by atoms with van der Waals surface area (Å²) in [5.41, 5.74) is 2.85. The highest BCUT2D eigenvalue weighted by Crippen LogP contribution is 2.36. The van der Waals surface area contributed by atoms with Gasteiger partial charge < -0.3 is 0 Å². The zero-order chi connectivity index (χ0) is 22.6. The largest absolute Gasteiger partial charge is 0.287 e. The van der Waals surface area contributed by atoms with E-state index in [-0.39, 0.29) is 11.1 Å². The van der Waals surface area contributed by atoms with E-state index in [1.165, 1.54) is 33.5 Å². The molecule has 32 heavy (non-hydrogen) atoms. The van der Waals surface area contributed by atoms with Gasteiger partial charge in [0.25, 0.3) is 11.1 Å². The summed E-state index contributed by atoms with van der Waals surface area (Å²) in [7, 11) is 0. The van der Waals surface area contributed by atoms with Crippen LogP contribution in [-0.4, -0.2) is 18.9 Å². The summed E-state index contributed by atoms with van der Waals surface area (Å²) in [5.74, 6) is 1.48. The van der Waals surface area contributed by atoms with Crippen LogP contribution in [0, 0.1) is 18.8 Å². The molecule has 0 fully saturated rings. The number of aryl methyl sites for hydroxylation is 2. The van der Waals surface area contributed by atoms with Gasteiger partial charge in [-0.1, -0.05) is 32.5 Å². The number of thiazole rings is 1. The average Bonchev–Trinajstić information content (AvgIpc) is 3.28. The van der Waals surface area contributed by atoms with E-state index >= 15 is 0 Å². The monoisotopic (exact) mass is 486 g/mol. The quantitative estimate of drug-likeness (QED) is 0.296. The van der Waals surface area contributed by atoms with Crippen LogP contribution >= 0.6 is 34.4 Å². The van der Waals surface area contributed by atoms with Crippen molar-refractivity contribution in [1.82, 2.24) is 18.9 Å². The Hall–Kier alpha value is -1.97. The Morgan fingerprint density at radius 2 is 2.09 bits per heavy atom. The molecule has 5 rings (SSSR count). The molecular weight excluding hydrogens is 460 g/mol. The molecule has 1 atom stereocenters. The van der Waals surface area contributed by atoms with E-state index in [9.17, 15) is 9.59 Å². The molecule has 0 saturated carbocycles. The molecule has 9 heteroatoms. The Morgan fingerprint density at radius 3 is 2.88 bits per heavy atom. The van der Waals surface area contributed by atoms with Gasteiger partial charge in [-0.25, -0.2) is 9.97 Å². The highest BCUT2D eigenvalue weighted by Gasteiger charge is 2.25. The molecule has 1 unspecified atom stereocenters. The standard InChI is InChI=1S/C23H26N4O2S3/c1-12(2)9-26-21(29)19-16-6-5-13(3)7-17(16)32-20(19)25-22(26)31-11-15-8-18(28)27-14(4)10-30-23(27)24-15/h8,10,12-13H,5-7,9,11H2,1-4H3. The van der Waals surface area contributed by atoms with Crippen LogP contribution < -0.4 is 11.1 Å². The van der Waals surface area contributed by atoms with Gasteiger partial charge in [0.05, 0.1) is 11.1 Å². The van der Waals surface area contributed by atoms with Crippen molar-refractivity contribution < 1.29 is 0 Å². The number of thioether (sulfide) groups is 1. The normalized spacial score (nSPS) is 16.3. The maximum Gasteiger partial charge on any atom is 0.263 e. The van der Waals surface area contributed by atoms with Gasteiger partial charge in [-0.05, 0) is 43.6 Å². The fourth-order valence-electron chi connectivity index (χ4n) is 4.35. The molecule has 4 heterocycles. The molecule has 0 saturated heterocycles. The molecular formula is C23H26N4O2S3. The predicted molar refractivity (Wildman–Crippen MR) is 134 cm³/mol. The summed E-state index contributed by atoms with van der Waals surface area (Å²) in [4.78, 5) is 38.6. The lowest BCUT2D eigenvalue weighted by molar-refractivity contribution is 0.474. The molecule has 168 valence electrons. The molecule has 1 aliphatic rings. The summed E-state index contributed by atoms with van der Waals surface area (Å²) in [5, 5.41) is 3.48. The summed E-state index contributed by atoms with van der Waals surface area (Å²) < 4.78 is 3.47. The minimum Gasteiger partial charge on any atom is -0.287 e. The second-order valence-electron chi connectivity index (χ2n) is 9.11. The summed E-state index contributed by atoms with van der Waals surface area (Å²) in [6.45, 7) is 9.05. The first-order valence-corrected chi connectivity index (χ1v) is 13.6. The van der Waals surface area contributed by atoms with E-state index in [1.807, 2.05) is 16.9 Å². The van der Waals surface area contributed by atoms with E-state index in [1.54, 1.807) is 21.8 Å². The number of fused-ring (bicyclic) bond motifs is 4. The highest BCUT2D eigenvalue weighted by molar-refractivity contribution is 7.98. The number of thiophene rings is 1. The van der Waals surface area contributed by atoms with Crippen LogP contribution in [-0.2, 0) is 25.1 Å². The van der Waals surface area contributed by atoms with E-state index < -0.39 is 0 Å². The van der Waals surface area contributed by atoms with Crippen LogP contribution in [0.15, 0.2) is 26.2 Å². The van der Waals surface area contributed by atoms with Crippen molar-refractivity contribution in [1.29, 1.82) is 0 Å². The van der Waals surface area contributed by atoms with Crippen molar-refractivity contribution in [2.75, 3.05) is 0 Å². The lowest BCUT2D eigenvalue weighted by Crippen LogP contribution is -2.26. The lowest BCUT2D eigenvalue weighted by Gasteiger charge is -2.18. The summed E-state index contributed by atoms with van der Waals surface area (Å²) in [6.07, 6.45) is 3.14. The first kappa shape index (κ1) is 21.9. The number of nitrogens with zero attached hydrogens (tertiary/aromatic N) is 4. The molecule has 0 bridgehead atoms. The van der Waals surface area contributed by atoms with E-state index in [0.717, 1.165) is 35.2 Å². The fourth-order valence-corrected chi connectivity index (χ4v) is 7.57. The van der Waals surface area contributed by atoms with Crippen molar-refractivity contribution in [2.45, 2.75) is 64.4 Å². The van der Waals surface area contributed by atoms with Crippen molar-refractivity contribution in [2.24, 2.45) is 11.8 Å². The number of rotatable bonds is 5. The van der Waals surface area contributed by atoms with Gasteiger partial charge in [0.15, 0.2) is 10.1 Å². The van der Waals surface area contributed by atoms with E-state index in [4.69, 9.17) is 4.98 Å². The van der Waals surface area contributed by atoms with Crippen molar-refractivity contribution in [3.8, 4) is 0 Å². The Balaban J connectivity index is 1.55. The molecule has 0 N–H and O–H groups in total. The highest BCUT2D eigenvalue weighted by atomic mass is 32.2. The Kier molecular flexibility index (Phi) is 5.75. The molecule has 0 aromatic carbocycles. The summed E-state index contributed by atoms with van der Waals surface area (Å²) in [6, 6.07) is 1.59. The van der Waals surface area contributed by atoms with Gasteiger partial charge >= 0.3 is 0 Å². The maximum absolute atomic E-state index is 13.6. The van der Waals surface area contributed by atoms with Gasteiger partial charge in [0, 0.05) is 34.3 Å². The molecule has 4 aromatic heterocycles. The minimum atomic E-state index is -0.0626. The Bertz CT molecular complexity index is 1440. The molecule has 6 nitrogen and oxygen atoms in total. The summed E-state index contributed by atoms with van der Waals surface area (Å²) >= 11 is 4.65. The third-order valence-corrected chi connectivity index (χ3v) is 9.01. The van der Waals surface area contributed by atoms with Crippen molar-refractivity contribution in [3.63, 3.8) is 0 Å². The molecule has 0 aliphatic heterocycles. The van der Waals surface area contributed by atoms with E-state index in [0.29, 0.717) is 39.9 Å². The molecule has 0 amide bonds. The molecule has 4 aromatic rings. The first-order chi connectivity index (χ1) is 15.3. The van der Waals surface area contributed by atoms with Gasteiger partial charge in [-0.15, -0.1) is 22.7 Å². The SMILES string of the molecule is Cc1csc2nc(CSc3nc4sc5c(c4c(=O)n3CC(C)C)CCC(C)C5)cc(=O)n12. The third-order valence-electron chi connectivity index (χ3n) is 5.91. The topological polar surface area (TPSA) is 69.3 Å². The van der Waals surface area contributed by atoms with Gasteiger partial charge in [-0.3, -0.25) is 18.6 Å². The van der Waals surface area contributed by atoms with Gasteiger partial charge in [-0.2, -0.15) is 0 Å². The van der Waals surface area contributed by atoms with Gasteiger partial charge in [0.1, 0.15) is 4.83 Å². The lowest BCUT2D eigenvalue weighted by atomic mass is 9.89. The number of aromatic nitrogens is 4. The smallest absolute Gasteiger partial charge is 0.263 e. The fraction of sp³-hybridized carbons (Fsp3) is 0.478. The van der Waals surface area contributed by atoms with Gasteiger partial charge in [0.2, 0.25) is 0 Å². The number of hydrogen-bond donors (Lipinski definition) is 0. The number of hydrogen-bond acceptors (Lipinski definition) is 7. The minimum absolute atomic E-state index is 0.0626. The predicted octanol–water partition coefficient (Wildman–Crippen LogP) is 4.91. The average molecular weight is 487 g/mol. The Morgan fingerprint density at radius 1 is 1.28 bits per heavy atom. The maximum atomic E-state index is 13.6. The first-order valence-electron chi connectivity index (χ1n) is 11.0. The van der Waals surface area contributed by atoms with Crippen LogP contribution in [0.3, 0.4) is 0 Å². The van der Waals surface area contributed by atoms with Crippen molar-refractivity contribution in [3.05, 3.63) is 54.0 Å².